The first-order chi connectivity index (χ1) is 3.18. The summed E-state index contributed by atoms with van der Waals surface area (Å²) >= 11 is 5.58. The van der Waals surface area contributed by atoms with E-state index in [1.165, 1.54) is 4.99 Å². The van der Waals surface area contributed by atoms with Gasteiger partial charge in [0, 0.05) is 4.99 Å². The second kappa shape index (κ2) is 3.21. The van der Waals surface area contributed by atoms with Gasteiger partial charge in [0.1, 0.15) is 4.48 Å². The van der Waals surface area contributed by atoms with Crippen LogP contribution in [0.2, 0.25) is 0 Å². The van der Waals surface area contributed by atoms with Crippen LogP contribution in [0.4, 0.5) is 0 Å². The second-order valence-electron chi connectivity index (χ2n) is 0.762. The molecule has 0 saturated carbocycles. The molecule has 0 unspecified atom stereocenters. The van der Waals surface area contributed by atoms with E-state index in [-0.39, 0.29) is 4.48 Å². The summed E-state index contributed by atoms with van der Waals surface area (Å²) in [7, 11) is 0. The molecule has 0 saturated heterocycles. The molecular weight excluding hydrogens is 228 g/mol. The Hall–Kier alpha value is 0.170. The topological polar surface area (TPSA) is 37.3 Å². The first kappa shape index (κ1) is 7.17. The lowest BCUT2D eigenvalue weighted by Gasteiger charge is -1.80. The van der Waals surface area contributed by atoms with E-state index in [4.69, 9.17) is 5.11 Å². The lowest BCUT2D eigenvalue weighted by atomic mass is 10.7. The smallest absolute Gasteiger partial charge is 0.343 e. The van der Waals surface area contributed by atoms with Crippen molar-refractivity contribution in [3.05, 3.63) is 9.47 Å². The Labute approximate surface area is 57.5 Å². The predicted molar refractivity (Wildman–Crippen MR) is 33.6 cm³/mol. The van der Waals surface area contributed by atoms with E-state index in [0.717, 1.165) is 0 Å². The average molecular weight is 230 g/mol. The van der Waals surface area contributed by atoms with Gasteiger partial charge in [-0.1, -0.05) is 15.9 Å². The molecule has 0 amide bonds. The molecule has 7 heavy (non-hydrogen) atoms. The van der Waals surface area contributed by atoms with E-state index in [0.29, 0.717) is 0 Å². The van der Waals surface area contributed by atoms with Crippen molar-refractivity contribution in [1.29, 1.82) is 0 Å². The largest absolute Gasteiger partial charge is 0.477 e. The number of hydrogen-bond acceptors (Lipinski definition) is 1. The van der Waals surface area contributed by atoms with E-state index in [2.05, 4.69) is 31.9 Å². The maximum Gasteiger partial charge on any atom is 0.343 e. The van der Waals surface area contributed by atoms with Gasteiger partial charge in [0.15, 0.2) is 0 Å². The highest BCUT2D eigenvalue weighted by molar-refractivity contribution is 9.14. The molecule has 0 spiro atoms. The van der Waals surface area contributed by atoms with E-state index in [9.17, 15) is 4.79 Å². The number of rotatable bonds is 1. The van der Waals surface area contributed by atoms with Gasteiger partial charge in [-0.25, -0.2) is 4.79 Å². The average Bonchev–Trinajstić information content (AvgIpc) is 1.65. The molecule has 1 N–H and O–H groups in total. The third-order valence-corrected chi connectivity index (χ3v) is 1.94. The molecule has 0 heterocycles. The monoisotopic (exact) mass is 228 g/mol. The van der Waals surface area contributed by atoms with Crippen LogP contribution in [0.15, 0.2) is 9.47 Å². The van der Waals surface area contributed by atoms with Crippen LogP contribution in [0.25, 0.3) is 0 Å². The molecule has 4 heteroatoms. The molecule has 0 aromatic heterocycles. The molecule has 0 fully saturated rings. The summed E-state index contributed by atoms with van der Waals surface area (Å²) in [6.45, 7) is 0. The number of halogens is 2. The van der Waals surface area contributed by atoms with Gasteiger partial charge in [0.05, 0.1) is 0 Å². The molecular formula is C3H2Br2O2. The third-order valence-electron chi connectivity index (χ3n) is 0.300. The van der Waals surface area contributed by atoms with Crippen molar-refractivity contribution < 1.29 is 9.90 Å². The molecule has 0 aliphatic carbocycles. The van der Waals surface area contributed by atoms with Crippen LogP contribution in [0.1, 0.15) is 0 Å². The normalized spacial score (nSPS) is 11.4. The van der Waals surface area contributed by atoms with Crippen LogP contribution < -0.4 is 0 Å². The number of hydrogen-bond donors (Lipinski definition) is 1. The summed E-state index contributed by atoms with van der Waals surface area (Å²) in [5.41, 5.74) is 0. The Balaban J connectivity index is 3.82. The standard InChI is InChI=1S/C3H2Br2O2/c4-1-2(5)3(6)7/h1H,(H,6,7)/b2-1-. The van der Waals surface area contributed by atoms with Crippen LogP contribution in [-0.2, 0) is 4.79 Å². The van der Waals surface area contributed by atoms with E-state index in [1.54, 1.807) is 0 Å². The van der Waals surface area contributed by atoms with Gasteiger partial charge in [-0.2, -0.15) is 0 Å². The van der Waals surface area contributed by atoms with Crippen molar-refractivity contribution in [2.75, 3.05) is 0 Å². The molecule has 0 aliphatic rings. The Morgan fingerprint density at radius 3 is 2.14 bits per heavy atom. The molecule has 40 valence electrons. The van der Waals surface area contributed by atoms with Gasteiger partial charge in [-0.3, -0.25) is 0 Å². The fourth-order valence-corrected chi connectivity index (χ4v) is 0.243. The van der Waals surface area contributed by atoms with Crippen molar-refractivity contribution in [3.8, 4) is 0 Å². The molecule has 0 radical (unpaired) electrons. The lowest BCUT2D eigenvalue weighted by Crippen LogP contribution is -1.90. The zero-order chi connectivity index (χ0) is 5.86. The van der Waals surface area contributed by atoms with Crippen molar-refractivity contribution in [2.24, 2.45) is 0 Å². The van der Waals surface area contributed by atoms with Crippen molar-refractivity contribution >= 4 is 37.8 Å². The number of carboxylic acid groups (broad SMARTS) is 1. The van der Waals surface area contributed by atoms with E-state index < -0.39 is 5.97 Å². The zero-order valence-corrected chi connectivity index (χ0v) is 6.36. The van der Waals surface area contributed by atoms with Crippen LogP contribution in [0, 0.1) is 0 Å². The summed E-state index contributed by atoms with van der Waals surface area (Å²) in [4.78, 5) is 11.1. The summed E-state index contributed by atoms with van der Waals surface area (Å²) in [6, 6.07) is 0. The first-order valence-corrected chi connectivity index (χ1v) is 3.08. The van der Waals surface area contributed by atoms with Crippen LogP contribution in [0.3, 0.4) is 0 Å². The Kier molecular flexibility index (Phi) is 3.29. The van der Waals surface area contributed by atoms with Crippen LogP contribution in [0.5, 0.6) is 0 Å². The van der Waals surface area contributed by atoms with E-state index in [1.807, 2.05) is 0 Å². The van der Waals surface area contributed by atoms with Crippen molar-refractivity contribution in [2.45, 2.75) is 0 Å². The predicted octanol–water partition coefficient (Wildman–Crippen LogP) is 1.70. The van der Waals surface area contributed by atoms with Crippen LogP contribution >= 0.6 is 31.9 Å². The fourth-order valence-electron chi connectivity index (χ4n) is 0.0467. The van der Waals surface area contributed by atoms with E-state index >= 15 is 0 Å². The molecule has 0 aliphatic heterocycles. The highest BCUT2D eigenvalue weighted by Crippen LogP contribution is 2.05. The molecule has 2 nitrogen and oxygen atoms in total. The Morgan fingerprint density at radius 1 is 1.71 bits per heavy atom. The SMILES string of the molecule is O=C(O)/C(Br)=C/Br. The van der Waals surface area contributed by atoms with Gasteiger partial charge in [0.25, 0.3) is 0 Å². The minimum atomic E-state index is -0.975. The molecule has 0 bridgehead atoms. The Bertz CT molecular complexity index is 108. The minimum absolute atomic E-state index is 0.118. The highest BCUT2D eigenvalue weighted by Gasteiger charge is 1.97. The van der Waals surface area contributed by atoms with Crippen molar-refractivity contribution in [1.82, 2.24) is 0 Å². The van der Waals surface area contributed by atoms with Crippen LogP contribution in [-0.4, -0.2) is 11.1 Å². The number of aliphatic carboxylic acids is 1. The molecule has 0 aromatic carbocycles. The quantitative estimate of drug-likeness (QED) is 0.696. The second-order valence-corrected chi connectivity index (χ2v) is 2.07. The van der Waals surface area contributed by atoms with Gasteiger partial charge in [-0.05, 0) is 15.9 Å². The van der Waals surface area contributed by atoms with Gasteiger partial charge in [-0.15, -0.1) is 0 Å². The summed E-state index contributed by atoms with van der Waals surface area (Å²) < 4.78 is 0.118. The summed E-state index contributed by atoms with van der Waals surface area (Å²) in [5, 5.41) is 8.04. The maximum atomic E-state index is 9.79. The van der Waals surface area contributed by atoms with Crippen molar-refractivity contribution in [3.63, 3.8) is 0 Å². The maximum absolute atomic E-state index is 9.79. The summed E-state index contributed by atoms with van der Waals surface area (Å²) in [6.07, 6.45) is 0. The Morgan fingerprint density at radius 2 is 2.14 bits per heavy atom. The highest BCUT2D eigenvalue weighted by atomic mass is 79.9. The van der Waals surface area contributed by atoms with Gasteiger partial charge >= 0.3 is 5.97 Å². The molecule has 0 rings (SSSR count). The lowest BCUT2D eigenvalue weighted by molar-refractivity contribution is -0.131. The molecule has 0 atom stereocenters. The van der Waals surface area contributed by atoms with Gasteiger partial charge < -0.3 is 5.11 Å². The summed E-state index contributed by atoms with van der Waals surface area (Å²) in [5.74, 6) is -0.975. The zero-order valence-electron chi connectivity index (χ0n) is 3.19. The number of carboxylic acids is 1. The minimum Gasteiger partial charge on any atom is -0.477 e. The third kappa shape index (κ3) is 2.82. The fraction of sp³-hybridized carbons (Fsp3) is 0. The molecule has 0 aromatic rings. The first-order valence-electron chi connectivity index (χ1n) is 1.37. The number of carbonyl (C=O) groups is 1. The van der Waals surface area contributed by atoms with Gasteiger partial charge in [0.2, 0.25) is 0 Å².